The second-order valence-corrected chi connectivity index (χ2v) is 8.48. The van der Waals surface area contributed by atoms with Gasteiger partial charge in [-0.1, -0.05) is 53.7 Å². The predicted octanol–water partition coefficient (Wildman–Crippen LogP) is 5.44. The Balaban J connectivity index is 1.53. The van der Waals surface area contributed by atoms with E-state index in [1.165, 1.54) is 23.9 Å². The summed E-state index contributed by atoms with van der Waals surface area (Å²) < 4.78 is 1.78. The van der Waals surface area contributed by atoms with Crippen molar-refractivity contribution in [2.45, 2.75) is 17.5 Å². The number of hydrogen-bond donors (Lipinski definition) is 2. The smallest absolute Gasteiger partial charge is 0.319 e. The maximum Gasteiger partial charge on any atom is 0.319 e. The Morgan fingerprint density at radius 3 is 2.38 bits per heavy atom. The highest BCUT2D eigenvalue weighted by molar-refractivity contribution is 7.98. The van der Waals surface area contributed by atoms with Gasteiger partial charge in [0.1, 0.15) is 0 Å². The van der Waals surface area contributed by atoms with Crippen molar-refractivity contribution in [2.24, 2.45) is 0 Å². The van der Waals surface area contributed by atoms with E-state index in [2.05, 4.69) is 20.8 Å². The minimum atomic E-state index is -0.454. The van der Waals surface area contributed by atoms with E-state index >= 15 is 0 Å². The summed E-state index contributed by atoms with van der Waals surface area (Å²) in [4.78, 5) is 23.0. The number of urea groups is 1. The summed E-state index contributed by atoms with van der Waals surface area (Å²) in [5.41, 5.74) is 2.35. The van der Waals surface area contributed by atoms with Gasteiger partial charge in [-0.2, -0.15) is 0 Å². The number of nitro groups is 1. The zero-order valence-corrected chi connectivity index (χ0v) is 19.3. The molecule has 1 heterocycles. The second kappa shape index (κ2) is 10.8. The van der Waals surface area contributed by atoms with Gasteiger partial charge >= 0.3 is 6.03 Å². The number of anilines is 1. The summed E-state index contributed by atoms with van der Waals surface area (Å²) in [5.74, 6) is 1.15. The molecule has 4 aromatic rings. The molecule has 0 aliphatic carbocycles. The Hall–Kier alpha value is -3.89. The molecule has 3 aromatic carbocycles. The molecule has 0 unspecified atom stereocenters. The minimum absolute atomic E-state index is 0.0164. The number of amides is 2. The van der Waals surface area contributed by atoms with Crippen LogP contribution in [0.3, 0.4) is 0 Å². The monoisotopic (exact) mass is 494 g/mol. The van der Waals surface area contributed by atoms with E-state index in [1.807, 2.05) is 30.3 Å². The Morgan fingerprint density at radius 1 is 1.00 bits per heavy atom. The Morgan fingerprint density at radius 2 is 1.71 bits per heavy atom. The number of aromatic nitrogens is 3. The second-order valence-electron chi connectivity index (χ2n) is 7.10. The largest absolute Gasteiger partial charge is 0.331 e. The zero-order valence-electron chi connectivity index (χ0n) is 17.7. The fourth-order valence-corrected chi connectivity index (χ4v) is 4.13. The fourth-order valence-electron chi connectivity index (χ4n) is 3.08. The third-order valence-corrected chi connectivity index (χ3v) is 5.99. The van der Waals surface area contributed by atoms with Crippen molar-refractivity contribution in [3.63, 3.8) is 0 Å². The SMILES string of the molecule is O=C(NCc1nnc(SCc2ccccc2)n1-c1ccc([N+](=O)[O-])cc1)Nc1ccc(Cl)cc1. The number of carbonyl (C=O) groups is 1. The molecule has 0 aliphatic rings. The van der Waals surface area contributed by atoms with E-state index < -0.39 is 11.0 Å². The fraction of sp³-hybridized carbons (Fsp3) is 0.0870. The van der Waals surface area contributed by atoms with Gasteiger partial charge in [0.25, 0.3) is 5.69 Å². The molecule has 1 aromatic heterocycles. The van der Waals surface area contributed by atoms with Crippen LogP contribution in [0.4, 0.5) is 16.2 Å². The number of benzene rings is 3. The minimum Gasteiger partial charge on any atom is -0.331 e. The number of non-ortho nitro benzene ring substituents is 1. The van der Waals surface area contributed by atoms with E-state index in [1.54, 1.807) is 41.0 Å². The van der Waals surface area contributed by atoms with Gasteiger partial charge in [-0.15, -0.1) is 10.2 Å². The molecule has 172 valence electrons. The highest BCUT2D eigenvalue weighted by Crippen LogP contribution is 2.26. The van der Waals surface area contributed by atoms with Crippen LogP contribution < -0.4 is 10.6 Å². The lowest BCUT2D eigenvalue weighted by Crippen LogP contribution is -2.29. The maximum absolute atomic E-state index is 12.4. The van der Waals surface area contributed by atoms with Crippen LogP contribution in [-0.2, 0) is 12.3 Å². The lowest BCUT2D eigenvalue weighted by molar-refractivity contribution is -0.384. The summed E-state index contributed by atoms with van der Waals surface area (Å²) in [7, 11) is 0. The lowest BCUT2D eigenvalue weighted by Gasteiger charge is -2.11. The number of hydrogen-bond acceptors (Lipinski definition) is 6. The molecule has 34 heavy (non-hydrogen) atoms. The van der Waals surface area contributed by atoms with E-state index in [0.29, 0.717) is 33.1 Å². The number of carbonyl (C=O) groups excluding carboxylic acids is 1. The summed E-state index contributed by atoms with van der Waals surface area (Å²) in [6.07, 6.45) is 0. The molecule has 0 bridgehead atoms. The highest BCUT2D eigenvalue weighted by Gasteiger charge is 2.17. The van der Waals surface area contributed by atoms with Gasteiger partial charge < -0.3 is 10.6 Å². The molecule has 0 spiro atoms. The molecule has 2 amide bonds. The predicted molar refractivity (Wildman–Crippen MR) is 131 cm³/mol. The molecule has 11 heteroatoms. The van der Waals surface area contributed by atoms with Gasteiger partial charge in [-0.05, 0) is 42.0 Å². The van der Waals surface area contributed by atoms with Gasteiger partial charge in [0, 0.05) is 34.3 Å². The highest BCUT2D eigenvalue weighted by atomic mass is 35.5. The van der Waals surface area contributed by atoms with Crippen LogP contribution in [0, 0.1) is 10.1 Å². The van der Waals surface area contributed by atoms with Crippen LogP contribution in [0.2, 0.25) is 5.02 Å². The van der Waals surface area contributed by atoms with Crippen molar-refractivity contribution >= 4 is 40.8 Å². The average Bonchev–Trinajstić information content (AvgIpc) is 3.26. The molecule has 0 saturated carbocycles. The van der Waals surface area contributed by atoms with Crippen LogP contribution in [-0.4, -0.2) is 25.7 Å². The van der Waals surface area contributed by atoms with Crippen LogP contribution in [0.25, 0.3) is 5.69 Å². The summed E-state index contributed by atoms with van der Waals surface area (Å²) in [6, 6.07) is 22.3. The number of rotatable bonds is 8. The van der Waals surface area contributed by atoms with Crippen molar-refractivity contribution in [3.8, 4) is 5.69 Å². The van der Waals surface area contributed by atoms with Crippen LogP contribution in [0.1, 0.15) is 11.4 Å². The molecule has 9 nitrogen and oxygen atoms in total. The normalized spacial score (nSPS) is 10.6. The van der Waals surface area contributed by atoms with Crippen LogP contribution in [0.15, 0.2) is 84.0 Å². The van der Waals surface area contributed by atoms with Gasteiger partial charge in [0.05, 0.1) is 11.5 Å². The molecule has 0 atom stereocenters. The zero-order chi connectivity index (χ0) is 23.9. The third kappa shape index (κ3) is 5.91. The number of nitrogens with zero attached hydrogens (tertiary/aromatic N) is 4. The van der Waals surface area contributed by atoms with Crippen molar-refractivity contribution < 1.29 is 9.72 Å². The Bertz CT molecular complexity index is 1280. The van der Waals surface area contributed by atoms with Crippen molar-refractivity contribution in [3.05, 3.63) is 105 Å². The molecular weight excluding hydrogens is 476 g/mol. The van der Waals surface area contributed by atoms with Gasteiger partial charge in [-0.25, -0.2) is 4.79 Å². The quantitative estimate of drug-likeness (QED) is 0.191. The van der Waals surface area contributed by atoms with Crippen molar-refractivity contribution in [1.29, 1.82) is 0 Å². The first-order valence-electron chi connectivity index (χ1n) is 10.2. The molecule has 0 saturated heterocycles. The number of halogens is 1. The molecular formula is C23H19ClN6O3S. The van der Waals surface area contributed by atoms with Gasteiger partial charge in [-0.3, -0.25) is 14.7 Å². The van der Waals surface area contributed by atoms with E-state index in [0.717, 1.165) is 5.56 Å². The van der Waals surface area contributed by atoms with Gasteiger partial charge in [0.2, 0.25) is 0 Å². The lowest BCUT2D eigenvalue weighted by atomic mass is 10.2. The Kier molecular flexibility index (Phi) is 7.41. The van der Waals surface area contributed by atoms with E-state index in [-0.39, 0.29) is 12.2 Å². The van der Waals surface area contributed by atoms with E-state index in [9.17, 15) is 14.9 Å². The number of nitro benzene ring substituents is 1. The summed E-state index contributed by atoms with van der Waals surface area (Å²) in [6.45, 7) is 0.0926. The first-order valence-corrected chi connectivity index (χ1v) is 11.5. The Labute approximate surface area is 204 Å². The van der Waals surface area contributed by atoms with Crippen LogP contribution in [0.5, 0.6) is 0 Å². The molecule has 4 rings (SSSR count). The standard InChI is InChI=1S/C23H19ClN6O3S/c24-17-6-8-18(9-7-17)26-22(31)25-14-21-27-28-23(34-15-16-4-2-1-3-5-16)29(21)19-10-12-20(13-11-19)30(32)33/h1-13H,14-15H2,(H2,25,26,31). The molecule has 2 N–H and O–H groups in total. The third-order valence-electron chi connectivity index (χ3n) is 4.74. The van der Waals surface area contributed by atoms with E-state index in [4.69, 9.17) is 11.6 Å². The average molecular weight is 495 g/mol. The maximum atomic E-state index is 12.4. The molecule has 0 radical (unpaired) electrons. The first kappa shape index (κ1) is 23.3. The first-order chi connectivity index (χ1) is 16.5. The van der Waals surface area contributed by atoms with Gasteiger partial charge in [0.15, 0.2) is 11.0 Å². The van der Waals surface area contributed by atoms with Crippen molar-refractivity contribution in [2.75, 3.05) is 5.32 Å². The molecule has 0 fully saturated rings. The summed E-state index contributed by atoms with van der Waals surface area (Å²) in [5, 5.41) is 26.3. The topological polar surface area (TPSA) is 115 Å². The van der Waals surface area contributed by atoms with Crippen molar-refractivity contribution in [1.82, 2.24) is 20.1 Å². The van der Waals surface area contributed by atoms with Crippen LogP contribution >= 0.6 is 23.4 Å². The molecule has 0 aliphatic heterocycles. The number of thioether (sulfide) groups is 1. The summed E-state index contributed by atoms with van der Waals surface area (Å²) >= 11 is 7.35. The number of nitrogens with one attached hydrogen (secondary N) is 2.